The van der Waals surface area contributed by atoms with Crippen molar-refractivity contribution in [3.8, 4) is 0 Å². The van der Waals surface area contributed by atoms with E-state index in [9.17, 15) is 22.7 Å². The first-order valence-electron chi connectivity index (χ1n) is 10.9. The Balaban J connectivity index is 0.000000307. The predicted octanol–water partition coefficient (Wildman–Crippen LogP) is 3.41. The summed E-state index contributed by atoms with van der Waals surface area (Å²) in [5.74, 6) is 5.49. The molecule has 0 aliphatic carbocycles. The number of nitrogens with zero attached hydrogens (tertiary/aromatic N) is 1. The van der Waals surface area contributed by atoms with Gasteiger partial charge in [0, 0.05) is 38.5 Å². The third kappa shape index (κ3) is 8.93. The van der Waals surface area contributed by atoms with E-state index in [1.807, 2.05) is 13.8 Å². The van der Waals surface area contributed by atoms with E-state index in [0.717, 1.165) is 12.1 Å². The Bertz CT molecular complexity index is 672. The molecule has 1 aromatic carbocycles. The molecule has 184 valence electrons. The van der Waals surface area contributed by atoms with Crippen LogP contribution in [0.4, 0.5) is 17.6 Å². The molecule has 0 spiro atoms. The number of nitrogens with one attached hydrogen (secondary N) is 1. The average Bonchev–Trinajstić information content (AvgIpc) is 2.76. The van der Waals surface area contributed by atoms with Crippen molar-refractivity contribution in [1.29, 1.82) is 0 Å². The van der Waals surface area contributed by atoms with Crippen molar-refractivity contribution < 1.29 is 27.4 Å². The van der Waals surface area contributed by atoms with Crippen molar-refractivity contribution >= 4 is 0 Å². The van der Waals surface area contributed by atoms with Gasteiger partial charge >= 0.3 is 6.18 Å². The van der Waals surface area contributed by atoms with Crippen LogP contribution in [0.25, 0.3) is 0 Å². The van der Waals surface area contributed by atoms with Gasteiger partial charge in [-0.1, -0.05) is 26.0 Å². The first kappa shape index (κ1) is 28.2. The number of benzene rings is 1. The number of alkyl halides is 4. The summed E-state index contributed by atoms with van der Waals surface area (Å²) in [6.07, 6.45) is 0.281. The number of nitrogens with two attached hydrogens (primary N) is 2. The molecule has 2 fully saturated rings. The summed E-state index contributed by atoms with van der Waals surface area (Å²) in [7, 11) is 0. The van der Waals surface area contributed by atoms with Crippen LogP contribution in [0, 0.1) is 0 Å². The minimum absolute atomic E-state index is 0.171. The lowest BCUT2D eigenvalue weighted by atomic mass is 9.85. The molecule has 6 nitrogen and oxygen atoms in total. The van der Waals surface area contributed by atoms with Crippen LogP contribution in [0.5, 0.6) is 0 Å². The average molecular weight is 465 g/mol. The molecule has 3 rings (SSSR count). The second-order valence-corrected chi connectivity index (χ2v) is 7.63. The molecule has 10 heteroatoms. The number of hydrogen-bond acceptors (Lipinski definition) is 6. The van der Waals surface area contributed by atoms with Gasteiger partial charge < -0.3 is 25.9 Å². The van der Waals surface area contributed by atoms with E-state index in [1.165, 1.54) is 29.5 Å². The fraction of sp³-hybridized carbons (Fsp3) is 0.636. The minimum atomic E-state index is -4.32. The summed E-state index contributed by atoms with van der Waals surface area (Å²) >= 11 is 0. The topological polar surface area (TPSA) is 96.8 Å². The van der Waals surface area contributed by atoms with Crippen LogP contribution in [0.1, 0.15) is 50.7 Å². The van der Waals surface area contributed by atoms with Crippen molar-refractivity contribution in [2.45, 2.75) is 57.0 Å². The van der Waals surface area contributed by atoms with Gasteiger partial charge in [0.1, 0.15) is 5.67 Å². The fourth-order valence-corrected chi connectivity index (χ4v) is 3.48. The first-order valence-corrected chi connectivity index (χ1v) is 10.9. The molecule has 0 aromatic heterocycles. The Kier molecular flexibility index (Phi) is 11.4. The SMILES string of the molecule is CC.N/C=C\N(N)CC1(F)CCOCC1.OC1(c2ccc(C(F)(F)F)cc2)CCNCC1. The lowest BCUT2D eigenvalue weighted by molar-refractivity contribution is -0.137. The molecule has 0 unspecified atom stereocenters. The second-order valence-electron chi connectivity index (χ2n) is 7.63. The minimum Gasteiger partial charge on any atom is -0.403 e. The van der Waals surface area contributed by atoms with Gasteiger partial charge in [-0.15, -0.1) is 0 Å². The molecule has 2 aliphatic rings. The molecular weight excluding hydrogens is 428 g/mol. The number of piperidine rings is 1. The lowest BCUT2D eigenvalue weighted by Gasteiger charge is -2.33. The Morgan fingerprint density at radius 1 is 1.09 bits per heavy atom. The van der Waals surface area contributed by atoms with Crippen LogP contribution in [-0.2, 0) is 16.5 Å². The zero-order chi connectivity index (χ0) is 24.3. The smallest absolute Gasteiger partial charge is 0.403 e. The molecule has 2 heterocycles. The summed E-state index contributed by atoms with van der Waals surface area (Å²) in [5.41, 5.74) is 2.79. The van der Waals surface area contributed by atoms with Gasteiger partial charge in [0.15, 0.2) is 0 Å². The predicted molar refractivity (Wildman–Crippen MR) is 117 cm³/mol. The maximum atomic E-state index is 13.9. The van der Waals surface area contributed by atoms with Crippen molar-refractivity contribution in [2.24, 2.45) is 11.6 Å². The molecule has 32 heavy (non-hydrogen) atoms. The van der Waals surface area contributed by atoms with Gasteiger partial charge in [-0.3, -0.25) is 0 Å². The summed E-state index contributed by atoms with van der Waals surface area (Å²) < 4.78 is 56.1. The van der Waals surface area contributed by atoms with E-state index in [4.69, 9.17) is 16.3 Å². The molecule has 1 aromatic rings. The van der Waals surface area contributed by atoms with E-state index in [-0.39, 0.29) is 6.54 Å². The number of ether oxygens (including phenoxy) is 1. The van der Waals surface area contributed by atoms with E-state index in [1.54, 1.807) is 0 Å². The maximum absolute atomic E-state index is 13.9. The van der Waals surface area contributed by atoms with Crippen LogP contribution < -0.4 is 16.9 Å². The molecule has 0 bridgehead atoms. The summed E-state index contributed by atoms with van der Waals surface area (Å²) in [4.78, 5) is 0. The highest BCUT2D eigenvalue weighted by Crippen LogP contribution is 2.34. The maximum Gasteiger partial charge on any atom is 0.416 e. The van der Waals surface area contributed by atoms with Crippen molar-refractivity contribution in [1.82, 2.24) is 10.3 Å². The van der Waals surface area contributed by atoms with Crippen molar-refractivity contribution in [2.75, 3.05) is 32.8 Å². The molecule has 0 atom stereocenters. The lowest BCUT2D eigenvalue weighted by Crippen LogP contribution is -2.44. The number of aliphatic hydroxyl groups is 1. The molecule has 0 radical (unpaired) electrons. The summed E-state index contributed by atoms with van der Waals surface area (Å²) in [6.45, 7) is 6.46. The van der Waals surface area contributed by atoms with Crippen LogP contribution >= 0.6 is 0 Å². The van der Waals surface area contributed by atoms with Gasteiger partial charge in [-0.2, -0.15) is 13.2 Å². The zero-order valence-corrected chi connectivity index (χ0v) is 18.8. The van der Waals surface area contributed by atoms with Gasteiger partial charge in [0.25, 0.3) is 0 Å². The van der Waals surface area contributed by atoms with E-state index < -0.39 is 23.0 Å². The summed E-state index contributed by atoms with van der Waals surface area (Å²) in [6, 6.07) is 4.78. The Morgan fingerprint density at radius 2 is 1.62 bits per heavy atom. The molecule has 6 N–H and O–H groups in total. The highest BCUT2D eigenvalue weighted by atomic mass is 19.4. The molecule has 2 saturated heterocycles. The zero-order valence-electron chi connectivity index (χ0n) is 18.8. The van der Waals surface area contributed by atoms with Crippen LogP contribution in [-0.4, -0.2) is 48.6 Å². The highest BCUT2D eigenvalue weighted by molar-refractivity contribution is 5.29. The number of rotatable bonds is 4. The molecule has 0 amide bonds. The van der Waals surface area contributed by atoms with E-state index >= 15 is 0 Å². The van der Waals surface area contributed by atoms with Gasteiger partial charge in [-0.25, -0.2) is 10.2 Å². The molecule has 2 aliphatic heterocycles. The largest absolute Gasteiger partial charge is 0.416 e. The number of hydrogen-bond donors (Lipinski definition) is 4. The van der Waals surface area contributed by atoms with Gasteiger partial charge in [0.2, 0.25) is 0 Å². The quantitative estimate of drug-likeness (QED) is 0.310. The van der Waals surface area contributed by atoms with Crippen LogP contribution in [0.2, 0.25) is 0 Å². The monoisotopic (exact) mass is 464 g/mol. The number of halogens is 4. The Hall–Kier alpha value is -1.88. The number of hydrazine groups is 1. The highest BCUT2D eigenvalue weighted by Gasteiger charge is 2.34. The first-order chi connectivity index (χ1) is 15.1. The van der Waals surface area contributed by atoms with Gasteiger partial charge in [-0.05, 0) is 43.6 Å². The van der Waals surface area contributed by atoms with Crippen LogP contribution in [0.3, 0.4) is 0 Å². The standard InChI is InChI=1S/C12H14F3NO.C8H16FN3O.C2H6/c13-12(14,15)10-3-1-9(2-4-10)11(17)5-7-16-8-6-11;9-8(1-5-13-6-2-8)7-12(11)4-3-10;1-2/h1-4,16-17H,5-8H2;3-4H,1-2,5-7,10-11H2;1-2H3/b;4-3-;. The van der Waals surface area contributed by atoms with Crippen molar-refractivity contribution in [3.63, 3.8) is 0 Å². The van der Waals surface area contributed by atoms with E-state index in [2.05, 4.69) is 5.32 Å². The molecular formula is C22H36F4N4O2. The third-order valence-electron chi connectivity index (χ3n) is 5.31. The van der Waals surface area contributed by atoms with Crippen molar-refractivity contribution in [3.05, 3.63) is 47.8 Å². The third-order valence-corrected chi connectivity index (χ3v) is 5.31. The Labute approximate surface area is 187 Å². The normalized spacial score (nSPS) is 19.9. The fourth-order valence-electron chi connectivity index (χ4n) is 3.48. The molecule has 0 saturated carbocycles. The van der Waals surface area contributed by atoms with Gasteiger partial charge in [0.05, 0.1) is 17.7 Å². The Morgan fingerprint density at radius 3 is 2.09 bits per heavy atom. The van der Waals surface area contributed by atoms with E-state index in [0.29, 0.717) is 57.6 Å². The van der Waals surface area contributed by atoms with Crippen LogP contribution in [0.15, 0.2) is 36.7 Å². The second kappa shape index (κ2) is 13.0. The summed E-state index contributed by atoms with van der Waals surface area (Å²) in [5, 5.41) is 14.7.